The second-order valence-corrected chi connectivity index (χ2v) is 7.98. The molecular formula is C17H20ClN3O2S2. The van der Waals surface area contributed by atoms with Crippen LogP contribution in [-0.4, -0.2) is 30.9 Å². The van der Waals surface area contributed by atoms with Gasteiger partial charge in [-0.3, -0.25) is 0 Å². The van der Waals surface area contributed by atoms with Gasteiger partial charge in [-0.25, -0.2) is 8.42 Å². The molecular weight excluding hydrogens is 378 g/mol. The average molecular weight is 398 g/mol. The Morgan fingerprint density at radius 3 is 1.84 bits per heavy atom. The van der Waals surface area contributed by atoms with E-state index in [0.29, 0.717) is 28.9 Å². The van der Waals surface area contributed by atoms with Crippen molar-refractivity contribution in [2.75, 3.05) is 23.7 Å². The third kappa shape index (κ3) is 5.15. The van der Waals surface area contributed by atoms with E-state index in [1.165, 1.54) is 4.31 Å². The lowest BCUT2D eigenvalue weighted by atomic mass is 10.3. The summed E-state index contributed by atoms with van der Waals surface area (Å²) in [6, 6.07) is 13.7. The second-order valence-electron chi connectivity index (χ2n) is 5.20. The summed E-state index contributed by atoms with van der Waals surface area (Å²) in [5.41, 5.74) is 1.51. The highest BCUT2D eigenvalue weighted by Gasteiger charge is 2.21. The van der Waals surface area contributed by atoms with E-state index < -0.39 is 10.0 Å². The Kier molecular flexibility index (Phi) is 6.78. The van der Waals surface area contributed by atoms with Crippen LogP contribution in [0.2, 0.25) is 5.02 Å². The second kappa shape index (κ2) is 8.62. The quantitative estimate of drug-likeness (QED) is 0.716. The Morgan fingerprint density at radius 1 is 0.960 bits per heavy atom. The number of rotatable bonds is 6. The van der Waals surface area contributed by atoms with Crippen molar-refractivity contribution in [3.63, 3.8) is 0 Å². The van der Waals surface area contributed by atoms with Gasteiger partial charge in [-0.05, 0) is 60.7 Å². The molecule has 8 heteroatoms. The van der Waals surface area contributed by atoms with E-state index in [1.54, 1.807) is 36.4 Å². The molecule has 25 heavy (non-hydrogen) atoms. The van der Waals surface area contributed by atoms with Crippen LogP contribution in [0.25, 0.3) is 0 Å². The van der Waals surface area contributed by atoms with Crippen molar-refractivity contribution in [3.8, 4) is 0 Å². The minimum atomic E-state index is -3.45. The first-order chi connectivity index (χ1) is 11.9. The molecule has 0 aliphatic rings. The summed E-state index contributed by atoms with van der Waals surface area (Å²) in [4.78, 5) is 0.262. The van der Waals surface area contributed by atoms with Gasteiger partial charge in [-0.1, -0.05) is 25.4 Å². The fourth-order valence-corrected chi connectivity index (χ4v) is 4.07. The third-order valence-corrected chi connectivity index (χ3v) is 6.08. The van der Waals surface area contributed by atoms with Crippen molar-refractivity contribution in [2.24, 2.45) is 0 Å². The van der Waals surface area contributed by atoms with Crippen LogP contribution in [0.1, 0.15) is 13.8 Å². The molecule has 0 radical (unpaired) electrons. The van der Waals surface area contributed by atoms with Gasteiger partial charge in [0.25, 0.3) is 0 Å². The maximum Gasteiger partial charge on any atom is 0.243 e. The molecule has 2 rings (SSSR count). The van der Waals surface area contributed by atoms with Gasteiger partial charge in [0.2, 0.25) is 10.0 Å². The molecule has 0 bridgehead atoms. The third-order valence-electron chi connectivity index (χ3n) is 3.56. The Balaban J connectivity index is 2.05. The maximum absolute atomic E-state index is 12.5. The first-order valence-corrected chi connectivity index (χ1v) is 10.0. The predicted molar refractivity (Wildman–Crippen MR) is 108 cm³/mol. The van der Waals surface area contributed by atoms with E-state index in [1.807, 2.05) is 26.0 Å². The Labute approximate surface area is 159 Å². The summed E-state index contributed by atoms with van der Waals surface area (Å²) in [5.74, 6) is 0. The molecule has 0 aliphatic heterocycles. The SMILES string of the molecule is CCN(CC)S(=O)(=O)c1ccc(NC(=S)Nc2ccc(Cl)cc2)cc1. The van der Waals surface area contributed by atoms with E-state index in [4.69, 9.17) is 23.8 Å². The van der Waals surface area contributed by atoms with Crippen molar-refractivity contribution in [3.05, 3.63) is 53.6 Å². The van der Waals surface area contributed by atoms with Gasteiger partial charge in [0.1, 0.15) is 0 Å². The number of sulfonamides is 1. The topological polar surface area (TPSA) is 61.4 Å². The van der Waals surface area contributed by atoms with E-state index in [0.717, 1.165) is 5.69 Å². The van der Waals surface area contributed by atoms with Gasteiger partial charge in [-0.2, -0.15) is 4.31 Å². The minimum Gasteiger partial charge on any atom is -0.332 e. The van der Waals surface area contributed by atoms with Crippen LogP contribution in [0, 0.1) is 0 Å². The van der Waals surface area contributed by atoms with Crippen LogP contribution in [0.4, 0.5) is 11.4 Å². The van der Waals surface area contributed by atoms with E-state index >= 15 is 0 Å². The lowest BCUT2D eigenvalue weighted by Crippen LogP contribution is -2.30. The molecule has 0 amide bonds. The summed E-state index contributed by atoms with van der Waals surface area (Å²) in [7, 11) is -3.45. The molecule has 0 heterocycles. The molecule has 134 valence electrons. The number of nitrogens with one attached hydrogen (secondary N) is 2. The number of anilines is 2. The maximum atomic E-state index is 12.5. The molecule has 2 aromatic carbocycles. The molecule has 0 aromatic heterocycles. The van der Waals surface area contributed by atoms with Crippen LogP contribution in [-0.2, 0) is 10.0 Å². The zero-order valence-corrected chi connectivity index (χ0v) is 16.4. The lowest BCUT2D eigenvalue weighted by Gasteiger charge is -2.18. The number of thiocarbonyl (C=S) groups is 1. The van der Waals surface area contributed by atoms with Gasteiger partial charge in [0, 0.05) is 29.5 Å². The summed E-state index contributed by atoms with van der Waals surface area (Å²) in [5, 5.41) is 7.11. The monoisotopic (exact) mass is 397 g/mol. The van der Waals surface area contributed by atoms with Gasteiger partial charge in [0.05, 0.1) is 4.90 Å². The van der Waals surface area contributed by atoms with Gasteiger partial charge < -0.3 is 10.6 Å². The molecule has 2 N–H and O–H groups in total. The first-order valence-electron chi connectivity index (χ1n) is 7.80. The highest BCUT2D eigenvalue weighted by atomic mass is 35.5. The molecule has 0 spiro atoms. The molecule has 0 saturated carbocycles. The number of halogens is 1. The Morgan fingerprint density at radius 2 is 1.40 bits per heavy atom. The molecule has 0 atom stereocenters. The minimum absolute atomic E-state index is 0.262. The van der Waals surface area contributed by atoms with Gasteiger partial charge >= 0.3 is 0 Å². The average Bonchev–Trinajstić information content (AvgIpc) is 2.58. The molecule has 0 aliphatic carbocycles. The van der Waals surface area contributed by atoms with E-state index in [-0.39, 0.29) is 4.90 Å². The van der Waals surface area contributed by atoms with E-state index in [2.05, 4.69) is 10.6 Å². The Hall–Kier alpha value is -1.67. The standard InChI is InChI=1S/C17H20ClN3O2S2/c1-3-21(4-2)25(22,23)16-11-9-15(10-12-16)20-17(24)19-14-7-5-13(18)6-8-14/h5-12H,3-4H2,1-2H3,(H2,19,20,24). The number of hydrogen-bond acceptors (Lipinski definition) is 3. The molecule has 2 aromatic rings. The smallest absolute Gasteiger partial charge is 0.243 e. The van der Waals surface area contributed by atoms with Crippen molar-refractivity contribution in [1.29, 1.82) is 0 Å². The lowest BCUT2D eigenvalue weighted by molar-refractivity contribution is 0.445. The molecule has 0 fully saturated rings. The fraction of sp³-hybridized carbons (Fsp3) is 0.235. The van der Waals surface area contributed by atoms with Crippen LogP contribution in [0.15, 0.2) is 53.4 Å². The van der Waals surface area contributed by atoms with Crippen molar-refractivity contribution in [1.82, 2.24) is 4.31 Å². The first kappa shape index (κ1) is 19.7. The normalized spacial score (nSPS) is 11.4. The molecule has 0 unspecified atom stereocenters. The van der Waals surface area contributed by atoms with Crippen molar-refractivity contribution in [2.45, 2.75) is 18.7 Å². The summed E-state index contributed by atoms with van der Waals surface area (Å²) < 4.78 is 26.3. The predicted octanol–water partition coefficient (Wildman–Crippen LogP) is 4.18. The van der Waals surface area contributed by atoms with Crippen molar-refractivity contribution >= 4 is 50.3 Å². The summed E-state index contributed by atoms with van der Waals surface area (Å²) in [6.45, 7) is 4.51. The molecule has 0 saturated heterocycles. The zero-order valence-electron chi connectivity index (χ0n) is 14.0. The molecule has 5 nitrogen and oxygen atoms in total. The van der Waals surface area contributed by atoms with Crippen molar-refractivity contribution < 1.29 is 8.42 Å². The van der Waals surface area contributed by atoms with Crippen LogP contribution in [0.5, 0.6) is 0 Å². The zero-order chi connectivity index (χ0) is 18.4. The van der Waals surface area contributed by atoms with Crippen LogP contribution < -0.4 is 10.6 Å². The van der Waals surface area contributed by atoms with Gasteiger partial charge in [0.15, 0.2) is 5.11 Å². The van der Waals surface area contributed by atoms with Gasteiger partial charge in [-0.15, -0.1) is 0 Å². The highest BCUT2D eigenvalue weighted by Crippen LogP contribution is 2.19. The highest BCUT2D eigenvalue weighted by molar-refractivity contribution is 7.89. The van der Waals surface area contributed by atoms with Crippen LogP contribution in [0.3, 0.4) is 0 Å². The fourth-order valence-electron chi connectivity index (χ4n) is 2.25. The van der Waals surface area contributed by atoms with E-state index in [9.17, 15) is 8.42 Å². The van der Waals surface area contributed by atoms with Crippen LogP contribution >= 0.6 is 23.8 Å². The number of benzene rings is 2. The summed E-state index contributed by atoms with van der Waals surface area (Å²) in [6.07, 6.45) is 0. The largest absolute Gasteiger partial charge is 0.332 e. The Bertz CT molecular complexity index is 818. The number of nitrogens with zero attached hydrogens (tertiary/aromatic N) is 1. The number of hydrogen-bond donors (Lipinski definition) is 2. The summed E-state index contributed by atoms with van der Waals surface area (Å²) >= 11 is 11.1.